The van der Waals surface area contributed by atoms with Gasteiger partial charge in [0.25, 0.3) is 0 Å². The van der Waals surface area contributed by atoms with Crippen molar-refractivity contribution in [3.05, 3.63) is 42.2 Å². The summed E-state index contributed by atoms with van der Waals surface area (Å²) in [5.41, 5.74) is 3.17. The maximum absolute atomic E-state index is 11.0. The minimum atomic E-state index is -1.03. The molecular formula is C20H24N2O4. The van der Waals surface area contributed by atoms with E-state index in [1.807, 2.05) is 31.2 Å². The monoisotopic (exact) mass is 356 g/mol. The van der Waals surface area contributed by atoms with Gasteiger partial charge in [0, 0.05) is 17.3 Å². The third kappa shape index (κ3) is 4.07. The van der Waals surface area contributed by atoms with Crippen LogP contribution in [0.1, 0.15) is 38.9 Å². The van der Waals surface area contributed by atoms with Crippen molar-refractivity contribution in [2.24, 2.45) is 5.92 Å². The smallest absolute Gasteiger partial charge is 0.404 e. The molecule has 0 fully saturated rings. The highest BCUT2D eigenvalue weighted by Crippen LogP contribution is 2.42. The molecule has 3 rings (SSSR count). The number of nitrogens with one attached hydrogen (secondary N) is 1. The molecule has 0 saturated carbocycles. The number of hydrogen-bond acceptors (Lipinski definition) is 4. The van der Waals surface area contributed by atoms with Crippen LogP contribution >= 0.6 is 0 Å². The van der Waals surface area contributed by atoms with Crippen molar-refractivity contribution in [1.82, 2.24) is 10.3 Å². The van der Waals surface area contributed by atoms with Crippen molar-refractivity contribution >= 4 is 6.09 Å². The van der Waals surface area contributed by atoms with Crippen LogP contribution in [0.3, 0.4) is 0 Å². The van der Waals surface area contributed by atoms with E-state index in [1.54, 1.807) is 12.4 Å². The van der Waals surface area contributed by atoms with Gasteiger partial charge in [-0.2, -0.15) is 0 Å². The van der Waals surface area contributed by atoms with Crippen LogP contribution in [0.2, 0.25) is 0 Å². The molecule has 6 heteroatoms. The van der Waals surface area contributed by atoms with Gasteiger partial charge in [-0.3, -0.25) is 4.98 Å². The summed E-state index contributed by atoms with van der Waals surface area (Å²) in [4.78, 5) is 15.1. The van der Waals surface area contributed by atoms with Gasteiger partial charge in [0.2, 0.25) is 0 Å². The molecule has 2 atom stereocenters. The highest BCUT2D eigenvalue weighted by Gasteiger charge is 2.23. The first-order chi connectivity index (χ1) is 12.4. The summed E-state index contributed by atoms with van der Waals surface area (Å²) in [5, 5.41) is 11.5. The zero-order valence-electron chi connectivity index (χ0n) is 15.2. The molecule has 0 aliphatic carbocycles. The summed E-state index contributed by atoms with van der Waals surface area (Å²) < 4.78 is 11.8. The Bertz CT molecular complexity index is 791. The number of fused-ring (bicyclic) bond motifs is 3. The molecule has 2 unspecified atom stereocenters. The van der Waals surface area contributed by atoms with Gasteiger partial charge in [0.15, 0.2) is 0 Å². The molecule has 0 saturated heterocycles. The summed E-state index contributed by atoms with van der Waals surface area (Å²) in [5.74, 6) is 1.86. The molecule has 0 spiro atoms. The lowest BCUT2D eigenvalue weighted by Gasteiger charge is -2.27. The van der Waals surface area contributed by atoms with Crippen LogP contribution in [-0.4, -0.2) is 28.8 Å². The summed E-state index contributed by atoms with van der Waals surface area (Å²) >= 11 is 0. The lowest BCUT2D eigenvalue weighted by Crippen LogP contribution is -2.39. The van der Waals surface area contributed by atoms with Gasteiger partial charge in [-0.1, -0.05) is 19.9 Å². The molecular weight excluding hydrogens is 332 g/mol. The van der Waals surface area contributed by atoms with Gasteiger partial charge in [-0.05, 0) is 43.0 Å². The molecule has 1 amide bonds. The number of benzene rings is 1. The van der Waals surface area contributed by atoms with E-state index < -0.39 is 6.09 Å². The number of carbonyl (C=O) groups is 1. The first-order valence-electron chi connectivity index (χ1n) is 8.81. The number of aromatic nitrogens is 1. The van der Waals surface area contributed by atoms with Crippen LogP contribution in [0.4, 0.5) is 4.79 Å². The van der Waals surface area contributed by atoms with Crippen molar-refractivity contribution in [3.63, 3.8) is 0 Å². The number of carboxylic acid groups (broad SMARTS) is 1. The highest BCUT2D eigenvalue weighted by atomic mass is 16.5. The molecule has 1 aromatic heterocycles. The molecule has 2 N–H and O–H groups in total. The zero-order valence-corrected chi connectivity index (χ0v) is 15.2. The second-order valence-corrected chi connectivity index (χ2v) is 6.97. The average Bonchev–Trinajstić information content (AvgIpc) is 2.59. The van der Waals surface area contributed by atoms with Gasteiger partial charge in [-0.25, -0.2) is 4.79 Å². The lowest BCUT2D eigenvalue weighted by molar-refractivity contribution is 0.176. The molecule has 0 radical (unpaired) electrons. The molecule has 2 heterocycles. The molecule has 2 aromatic rings. The normalized spacial score (nSPS) is 16.2. The van der Waals surface area contributed by atoms with Gasteiger partial charge >= 0.3 is 6.09 Å². The summed E-state index contributed by atoms with van der Waals surface area (Å²) in [6, 6.07) is 7.59. The number of hydrogen-bond donors (Lipinski definition) is 2. The third-order valence-corrected chi connectivity index (χ3v) is 4.37. The maximum atomic E-state index is 11.0. The van der Waals surface area contributed by atoms with Gasteiger partial charge < -0.3 is 19.9 Å². The fraction of sp³-hybridized carbons (Fsp3) is 0.400. The zero-order chi connectivity index (χ0) is 18.7. The van der Waals surface area contributed by atoms with E-state index >= 15 is 0 Å². The Morgan fingerprint density at radius 3 is 2.88 bits per heavy atom. The molecule has 1 aromatic carbocycles. The molecule has 1 aliphatic rings. The second kappa shape index (κ2) is 7.64. The Morgan fingerprint density at radius 1 is 1.35 bits per heavy atom. The van der Waals surface area contributed by atoms with E-state index in [9.17, 15) is 4.79 Å². The quantitative estimate of drug-likeness (QED) is 0.808. The lowest BCUT2D eigenvalue weighted by atomic mass is 9.94. The molecule has 26 heavy (non-hydrogen) atoms. The summed E-state index contributed by atoms with van der Waals surface area (Å²) in [7, 11) is 0. The predicted octanol–water partition coefficient (Wildman–Crippen LogP) is 4.26. The molecule has 6 nitrogen and oxygen atoms in total. The van der Waals surface area contributed by atoms with E-state index in [4.69, 9.17) is 14.6 Å². The number of rotatable bonds is 6. The van der Waals surface area contributed by atoms with E-state index in [0.717, 1.165) is 28.9 Å². The standard InChI is InChI=1S/C20H24N2O4/c1-12(2)8-14(22-20(23)24)11-25-15-4-5-16-17-6-7-21-10-19(17)26-13(3)18(16)9-15/h4-7,9-10,12-14,22H,8,11H2,1-3H3,(H,23,24). The fourth-order valence-corrected chi connectivity index (χ4v) is 3.27. The maximum Gasteiger partial charge on any atom is 0.404 e. The van der Waals surface area contributed by atoms with Crippen LogP contribution in [-0.2, 0) is 0 Å². The van der Waals surface area contributed by atoms with Crippen molar-refractivity contribution < 1.29 is 19.4 Å². The fourth-order valence-electron chi connectivity index (χ4n) is 3.27. The average molecular weight is 356 g/mol. The molecule has 0 bridgehead atoms. The topological polar surface area (TPSA) is 80.7 Å². The number of pyridine rings is 1. The van der Waals surface area contributed by atoms with Crippen LogP contribution in [0.5, 0.6) is 11.5 Å². The van der Waals surface area contributed by atoms with Gasteiger partial charge in [0.05, 0.1) is 12.2 Å². The number of nitrogens with zero attached hydrogens (tertiary/aromatic N) is 1. The van der Waals surface area contributed by atoms with Crippen molar-refractivity contribution in [2.45, 2.75) is 39.3 Å². The number of amides is 1. The second-order valence-electron chi connectivity index (χ2n) is 6.97. The summed E-state index contributed by atoms with van der Waals surface area (Å²) in [6.45, 7) is 6.40. The van der Waals surface area contributed by atoms with E-state index in [-0.39, 0.29) is 12.1 Å². The minimum absolute atomic E-state index is 0.103. The SMILES string of the molecule is CC(C)CC(COc1ccc2c(c1)C(C)Oc1cnccc1-2)NC(=O)O. The van der Waals surface area contributed by atoms with Gasteiger partial charge in [-0.15, -0.1) is 0 Å². The minimum Gasteiger partial charge on any atom is -0.491 e. The Kier molecular flexibility index (Phi) is 5.30. The van der Waals surface area contributed by atoms with Crippen LogP contribution in [0, 0.1) is 5.92 Å². The van der Waals surface area contributed by atoms with Crippen molar-refractivity contribution in [3.8, 4) is 22.6 Å². The van der Waals surface area contributed by atoms with Crippen LogP contribution in [0.15, 0.2) is 36.7 Å². The van der Waals surface area contributed by atoms with E-state index in [2.05, 4.69) is 24.1 Å². The predicted molar refractivity (Wildman–Crippen MR) is 98.6 cm³/mol. The van der Waals surface area contributed by atoms with Gasteiger partial charge in [0.1, 0.15) is 24.2 Å². The molecule has 138 valence electrons. The van der Waals surface area contributed by atoms with E-state index in [1.165, 1.54) is 0 Å². The van der Waals surface area contributed by atoms with Crippen LogP contribution < -0.4 is 14.8 Å². The Hall–Kier alpha value is -2.76. The number of ether oxygens (including phenoxy) is 2. The Morgan fingerprint density at radius 2 is 2.15 bits per heavy atom. The molecule has 1 aliphatic heterocycles. The first kappa shape index (κ1) is 18.0. The first-order valence-corrected chi connectivity index (χ1v) is 8.81. The van der Waals surface area contributed by atoms with Crippen molar-refractivity contribution in [2.75, 3.05) is 6.61 Å². The Labute approximate surface area is 153 Å². The highest BCUT2D eigenvalue weighted by molar-refractivity contribution is 5.75. The van der Waals surface area contributed by atoms with E-state index in [0.29, 0.717) is 18.3 Å². The third-order valence-electron chi connectivity index (χ3n) is 4.37. The van der Waals surface area contributed by atoms with Crippen molar-refractivity contribution in [1.29, 1.82) is 0 Å². The summed E-state index contributed by atoms with van der Waals surface area (Å²) in [6.07, 6.45) is 3.07. The van der Waals surface area contributed by atoms with Crippen LogP contribution in [0.25, 0.3) is 11.1 Å². The Balaban J connectivity index is 1.77. The largest absolute Gasteiger partial charge is 0.491 e.